The molecule has 0 radical (unpaired) electrons. The van der Waals surface area contributed by atoms with Crippen molar-refractivity contribution in [1.82, 2.24) is 0 Å². The van der Waals surface area contributed by atoms with E-state index in [1.165, 1.54) is 12.1 Å². The summed E-state index contributed by atoms with van der Waals surface area (Å²) in [6, 6.07) is 6.77. The van der Waals surface area contributed by atoms with E-state index in [1.54, 1.807) is 12.1 Å². The van der Waals surface area contributed by atoms with Crippen molar-refractivity contribution in [2.24, 2.45) is 11.7 Å². The summed E-state index contributed by atoms with van der Waals surface area (Å²) in [6.07, 6.45) is 2.90. The van der Waals surface area contributed by atoms with Gasteiger partial charge in [-0.3, -0.25) is 10.1 Å². The van der Waals surface area contributed by atoms with Gasteiger partial charge in [-0.1, -0.05) is 26.0 Å². The smallest absolute Gasteiger partial charge is 0.269 e. The third kappa shape index (κ3) is 4.95. The van der Waals surface area contributed by atoms with Crippen molar-refractivity contribution in [2.45, 2.75) is 39.2 Å². The van der Waals surface area contributed by atoms with Crippen LogP contribution >= 0.6 is 0 Å². The molecule has 0 aromatic heterocycles. The molecule has 0 saturated heterocycles. The van der Waals surface area contributed by atoms with Crippen molar-refractivity contribution in [3.05, 3.63) is 39.9 Å². The molecule has 1 rings (SSSR count). The van der Waals surface area contributed by atoms with E-state index in [0.29, 0.717) is 5.92 Å². The number of nitro groups is 1. The zero-order valence-electron chi connectivity index (χ0n) is 10.4. The molecule has 4 heteroatoms. The second kappa shape index (κ2) is 6.35. The fourth-order valence-corrected chi connectivity index (χ4v) is 1.71. The second-order valence-electron chi connectivity index (χ2n) is 4.86. The number of non-ortho nitro benzene ring substituents is 1. The fourth-order valence-electron chi connectivity index (χ4n) is 1.71. The van der Waals surface area contributed by atoms with E-state index >= 15 is 0 Å². The van der Waals surface area contributed by atoms with Crippen LogP contribution < -0.4 is 5.73 Å². The van der Waals surface area contributed by atoms with Gasteiger partial charge < -0.3 is 5.73 Å². The molecule has 0 heterocycles. The largest absolute Gasteiger partial charge is 0.327 e. The Labute approximate surface area is 102 Å². The maximum atomic E-state index is 10.5. The Hall–Kier alpha value is -1.42. The quantitative estimate of drug-likeness (QED) is 0.610. The molecular weight excluding hydrogens is 216 g/mol. The lowest BCUT2D eigenvalue weighted by Gasteiger charge is -2.12. The van der Waals surface area contributed by atoms with Gasteiger partial charge in [-0.15, -0.1) is 0 Å². The summed E-state index contributed by atoms with van der Waals surface area (Å²) < 4.78 is 0. The highest BCUT2D eigenvalue weighted by Gasteiger charge is 2.08. The van der Waals surface area contributed by atoms with E-state index in [4.69, 9.17) is 5.73 Å². The summed E-state index contributed by atoms with van der Waals surface area (Å²) in [5.74, 6) is 0.665. The minimum atomic E-state index is -0.386. The Morgan fingerprint density at radius 2 is 1.82 bits per heavy atom. The normalized spacial score (nSPS) is 12.7. The zero-order chi connectivity index (χ0) is 12.8. The van der Waals surface area contributed by atoms with E-state index in [0.717, 1.165) is 24.8 Å². The van der Waals surface area contributed by atoms with Gasteiger partial charge in [0, 0.05) is 18.2 Å². The van der Waals surface area contributed by atoms with Crippen LogP contribution in [0.4, 0.5) is 5.69 Å². The average Bonchev–Trinajstić information content (AvgIpc) is 2.27. The van der Waals surface area contributed by atoms with Gasteiger partial charge in [-0.2, -0.15) is 0 Å². The van der Waals surface area contributed by atoms with Crippen LogP contribution in [0.5, 0.6) is 0 Å². The van der Waals surface area contributed by atoms with Gasteiger partial charge in [0.05, 0.1) is 4.92 Å². The van der Waals surface area contributed by atoms with E-state index in [9.17, 15) is 10.1 Å². The van der Waals surface area contributed by atoms with Crippen LogP contribution in [0.3, 0.4) is 0 Å². The third-order valence-corrected chi connectivity index (χ3v) is 2.76. The summed E-state index contributed by atoms with van der Waals surface area (Å²) in [5, 5.41) is 10.5. The Bertz CT molecular complexity index is 360. The van der Waals surface area contributed by atoms with E-state index in [2.05, 4.69) is 13.8 Å². The molecule has 0 aliphatic carbocycles. The van der Waals surface area contributed by atoms with Gasteiger partial charge in [0.15, 0.2) is 0 Å². The van der Waals surface area contributed by atoms with Crippen LogP contribution in [0.15, 0.2) is 24.3 Å². The van der Waals surface area contributed by atoms with Crippen LogP contribution in [0.1, 0.15) is 32.3 Å². The van der Waals surface area contributed by atoms with E-state index in [1.807, 2.05) is 0 Å². The lowest BCUT2D eigenvalue weighted by Crippen LogP contribution is -2.23. The van der Waals surface area contributed by atoms with Crippen molar-refractivity contribution >= 4 is 5.69 Å². The molecule has 0 spiro atoms. The predicted octanol–water partition coefficient (Wildman–Crippen LogP) is 2.90. The summed E-state index contributed by atoms with van der Waals surface area (Å²) in [5.41, 5.74) is 7.21. The Kier molecular flexibility index (Phi) is 5.10. The average molecular weight is 236 g/mol. The van der Waals surface area contributed by atoms with Crippen molar-refractivity contribution in [3.63, 3.8) is 0 Å². The lowest BCUT2D eigenvalue weighted by molar-refractivity contribution is -0.384. The number of nitrogens with zero attached hydrogens (tertiary/aromatic N) is 1. The van der Waals surface area contributed by atoms with Gasteiger partial charge in [0.25, 0.3) is 5.69 Å². The Morgan fingerprint density at radius 1 is 1.24 bits per heavy atom. The molecule has 1 atom stereocenters. The maximum absolute atomic E-state index is 10.5. The van der Waals surface area contributed by atoms with Gasteiger partial charge >= 0.3 is 0 Å². The molecule has 0 amide bonds. The SMILES string of the molecule is CC(C)CCC(N)Cc1ccc([N+](=O)[O-])cc1. The topological polar surface area (TPSA) is 69.2 Å². The fraction of sp³-hybridized carbons (Fsp3) is 0.538. The van der Waals surface area contributed by atoms with E-state index < -0.39 is 0 Å². The highest BCUT2D eigenvalue weighted by molar-refractivity contribution is 5.33. The number of nitrogens with two attached hydrogens (primary N) is 1. The first kappa shape index (κ1) is 13.6. The molecule has 0 bridgehead atoms. The van der Waals surface area contributed by atoms with Crippen LogP contribution in [0.2, 0.25) is 0 Å². The van der Waals surface area contributed by atoms with E-state index in [-0.39, 0.29) is 16.7 Å². The molecule has 0 fully saturated rings. The molecule has 0 saturated carbocycles. The van der Waals surface area contributed by atoms with Crippen molar-refractivity contribution < 1.29 is 4.92 Å². The number of nitro benzene ring substituents is 1. The number of benzene rings is 1. The Balaban J connectivity index is 2.48. The molecule has 1 aromatic rings. The van der Waals surface area contributed by atoms with Crippen LogP contribution in [-0.4, -0.2) is 11.0 Å². The van der Waals surface area contributed by atoms with Gasteiger partial charge in [-0.05, 0) is 30.7 Å². The highest BCUT2D eigenvalue weighted by atomic mass is 16.6. The van der Waals surface area contributed by atoms with Crippen LogP contribution in [0.25, 0.3) is 0 Å². The molecule has 4 nitrogen and oxygen atoms in total. The van der Waals surface area contributed by atoms with Gasteiger partial charge in [-0.25, -0.2) is 0 Å². The molecule has 17 heavy (non-hydrogen) atoms. The van der Waals surface area contributed by atoms with Crippen LogP contribution in [0, 0.1) is 16.0 Å². The molecule has 1 unspecified atom stereocenters. The lowest BCUT2D eigenvalue weighted by atomic mass is 9.98. The summed E-state index contributed by atoms with van der Waals surface area (Å²) >= 11 is 0. The van der Waals surface area contributed by atoms with Crippen molar-refractivity contribution in [1.29, 1.82) is 0 Å². The number of hydrogen-bond donors (Lipinski definition) is 1. The zero-order valence-corrected chi connectivity index (χ0v) is 10.4. The summed E-state index contributed by atoms with van der Waals surface area (Å²) in [6.45, 7) is 4.36. The summed E-state index contributed by atoms with van der Waals surface area (Å²) in [7, 11) is 0. The van der Waals surface area contributed by atoms with Gasteiger partial charge in [0.2, 0.25) is 0 Å². The first-order valence-electron chi connectivity index (χ1n) is 5.98. The molecule has 0 aliphatic rings. The van der Waals surface area contributed by atoms with Crippen LogP contribution in [-0.2, 0) is 6.42 Å². The first-order valence-corrected chi connectivity index (χ1v) is 5.98. The van der Waals surface area contributed by atoms with Gasteiger partial charge in [0.1, 0.15) is 0 Å². The highest BCUT2D eigenvalue weighted by Crippen LogP contribution is 2.14. The minimum absolute atomic E-state index is 0.129. The first-order chi connectivity index (χ1) is 7.99. The summed E-state index contributed by atoms with van der Waals surface area (Å²) in [4.78, 5) is 10.1. The molecular formula is C13H20N2O2. The molecule has 0 aliphatic heterocycles. The maximum Gasteiger partial charge on any atom is 0.269 e. The molecule has 1 aromatic carbocycles. The monoisotopic (exact) mass is 236 g/mol. The van der Waals surface area contributed by atoms with Crippen molar-refractivity contribution in [3.8, 4) is 0 Å². The second-order valence-corrected chi connectivity index (χ2v) is 4.86. The van der Waals surface area contributed by atoms with Crippen molar-refractivity contribution in [2.75, 3.05) is 0 Å². The third-order valence-electron chi connectivity index (χ3n) is 2.76. The minimum Gasteiger partial charge on any atom is -0.327 e. The molecule has 2 N–H and O–H groups in total. The standard InChI is InChI=1S/C13H20N2O2/c1-10(2)3-6-12(14)9-11-4-7-13(8-5-11)15(16)17/h4-5,7-8,10,12H,3,6,9,14H2,1-2H3. The molecule has 94 valence electrons. The number of rotatable bonds is 6. The predicted molar refractivity (Wildman–Crippen MR) is 68.8 cm³/mol. The number of hydrogen-bond acceptors (Lipinski definition) is 3. The Morgan fingerprint density at radius 3 is 2.29 bits per heavy atom.